The van der Waals surface area contributed by atoms with E-state index in [0.717, 1.165) is 12.5 Å². The highest BCUT2D eigenvalue weighted by molar-refractivity contribution is 5.94. The largest absolute Gasteiger partial charge is 0.433 e. The van der Waals surface area contributed by atoms with Gasteiger partial charge >= 0.3 is 6.18 Å². The number of Topliss-reactive ketones (excluding diaryl/α,β-unsaturated/α-hetero) is 1. The summed E-state index contributed by atoms with van der Waals surface area (Å²) < 4.78 is 38.7. The topological polar surface area (TPSA) is 82.8 Å². The molecule has 0 saturated carbocycles. The van der Waals surface area contributed by atoms with Crippen molar-refractivity contribution in [2.24, 2.45) is 5.92 Å². The van der Waals surface area contributed by atoms with E-state index < -0.39 is 11.9 Å². The molecule has 1 fully saturated rings. The third-order valence-corrected chi connectivity index (χ3v) is 4.37. The average Bonchev–Trinajstić information content (AvgIpc) is 3.08. The van der Waals surface area contributed by atoms with Gasteiger partial charge in [-0.1, -0.05) is 0 Å². The lowest BCUT2D eigenvalue weighted by Crippen LogP contribution is -2.16. The first-order valence-electron chi connectivity index (χ1n) is 8.33. The van der Waals surface area contributed by atoms with Crippen molar-refractivity contribution in [1.82, 2.24) is 19.9 Å². The van der Waals surface area contributed by atoms with Crippen molar-refractivity contribution in [2.45, 2.75) is 25.9 Å². The molecule has 0 aliphatic carbocycles. The van der Waals surface area contributed by atoms with Gasteiger partial charge in [-0.05, 0) is 37.5 Å². The van der Waals surface area contributed by atoms with Crippen LogP contribution in [0.5, 0.6) is 0 Å². The normalized spacial score (nSPS) is 17.0. The van der Waals surface area contributed by atoms with E-state index in [1.165, 1.54) is 25.3 Å². The summed E-state index contributed by atoms with van der Waals surface area (Å²) in [6, 6.07) is 3.87. The lowest BCUT2D eigenvalue weighted by atomic mass is 10.00. The zero-order valence-electron chi connectivity index (χ0n) is 14.5. The molecule has 0 unspecified atom stereocenters. The Balaban J connectivity index is 1.75. The lowest BCUT2D eigenvalue weighted by Gasteiger charge is -2.10. The molecule has 3 rings (SSSR count). The van der Waals surface area contributed by atoms with Crippen LogP contribution in [-0.2, 0) is 6.18 Å². The summed E-state index contributed by atoms with van der Waals surface area (Å²) in [7, 11) is 0. The molecule has 1 atom stereocenters. The van der Waals surface area contributed by atoms with E-state index in [4.69, 9.17) is 5.26 Å². The molecule has 1 saturated heterocycles. The smallest absolute Gasteiger partial charge is 0.310 e. The lowest BCUT2D eigenvalue weighted by molar-refractivity contribution is -0.141. The molecule has 140 valence electrons. The molecule has 27 heavy (non-hydrogen) atoms. The number of carbonyl (C=O) groups is 1. The summed E-state index contributed by atoms with van der Waals surface area (Å²) in [4.78, 5) is 25.5. The van der Waals surface area contributed by atoms with Crippen LogP contribution in [0.25, 0.3) is 11.3 Å². The Morgan fingerprint density at radius 3 is 2.74 bits per heavy atom. The molecule has 3 heterocycles. The van der Waals surface area contributed by atoms with Crippen LogP contribution in [0.3, 0.4) is 0 Å². The molecule has 0 bridgehead atoms. The summed E-state index contributed by atoms with van der Waals surface area (Å²) in [6.45, 7) is 2.59. The van der Waals surface area contributed by atoms with Gasteiger partial charge in [-0.3, -0.25) is 9.78 Å². The molecule has 0 amide bonds. The minimum atomic E-state index is -4.57. The van der Waals surface area contributed by atoms with Gasteiger partial charge < -0.3 is 4.90 Å². The first kappa shape index (κ1) is 18.8. The highest BCUT2D eigenvalue weighted by atomic mass is 19.4. The van der Waals surface area contributed by atoms with Gasteiger partial charge in [0.1, 0.15) is 17.2 Å². The number of hydrogen-bond donors (Lipinski definition) is 0. The second kappa shape index (κ2) is 7.31. The first-order chi connectivity index (χ1) is 12.8. The summed E-state index contributed by atoms with van der Waals surface area (Å²) in [5.41, 5.74) is -0.301. The number of aromatic nitrogens is 3. The third kappa shape index (κ3) is 4.39. The van der Waals surface area contributed by atoms with Crippen LogP contribution in [-0.4, -0.2) is 38.7 Å². The Kier molecular flexibility index (Phi) is 5.08. The molecule has 6 nitrogen and oxygen atoms in total. The van der Waals surface area contributed by atoms with Crippen LogP contribution in [0.1, 0.15) is 34.8 Å². The average molecular weight is 375 g/mol. The van der Waals surface area contributed by atoms with Gasteiger partial charge in [-0.2, -0.15) is 18.4 Å². The number of ketones is 1. The quantitative estimate of drug-likeness (QED) is 0.603. The van der Waals surface area contributed by atoms with Crippen molar-refractivity contribution in [3.63, 3.8) is 0 Å². The molecule has 0 aromatic carbocycles. The van der Waals surface area contributed by atoms with Crippen molar-refractivity contribution >= 4 is 5.78 Å². The monoisotopic (exact) mass is 375 g/mol. The van der Waals surface area contributed by atoms with Gasteiger partial charge in [0.05, 0.1) is 5.69 Å². The van der Waals surface area contributed by atoms with E-state index in [1.807, 2.05) is 0 Å². The van der Waals surface area contributed by atoms with Crippen LogP contribution in [0.2, 0.25) is 0 Å². The molecule has 1 aliphatic heterocycles. The second-order valence-corrected chi connectivity index (χ2v) is 6.44. The van der Waals surface area contributed by atoms with Crippen LogP contribution in [0, 0.1) is 24.3 Å². The highest BCUT2D eigenvalue weighted by Gasteiger charge is 2.33. The van der Waals surface area contributed by atoms with Gasteiger partial charge in [-0.15, -0.1) is 0 Å². The molecule has 9 heteroatoms. The van der Waals surface area contributed by atoms with Crippen LogP contribution >= 0.6 is 0 Å². The summed E-state index contributed by atoms with van der Waals surface area (Å²) in [6.07, 6.45) is -0.0973. The number of likely N-dealkylation sites (tertiary alicyclic amines) is 1. The summed E-state index contributed by atoms with van der Waals surface area (Å²) in [5.74, 6) is -0.0399. The number of nitrogens with zero attached hydrogens (tertiary/aromatic N) is 5. The Morgan fingerprint density at radius 2 is 2.15 bits per heavy atom. The number of rotatable bonds is 4. The van der Waals surface area contributed by atoms with Crippen LogP contribution < -0.4 is 0 Å². The van der Waals surface area contributed by atoms with Crippen LogP contribution in [0.4, 0.5) is 13.2 Å². The Bertz CT molecular complexity index is 889. The molecular weight excluding hydrogens is 359 g/mol. The number of nitriles is 1. The molecule has 0 N–H and O–H groups in total. The van der Waals surface area contributed by atoms with Crippen molar-refractivity contribution < 1.29 is 18.0 Å². The minimum absolute atomic E-state index is 0.00302. The molecular formula is C18H16F3N5O. The third-order valence-electron chi connectivity index (χ3n) is 4.37. The maximum Gasteiger partial charge on any atom is 0.433 e. The molecule has 1 aliphatic rings. The van der Waals surface area contributed by atoms with Crippen molar-refractivity contribution in [3.8, 4) is 17.5 Å². The van der Waals surface area contributed by atoms with Crippen molar-refractivity contribution in [1.29, 1.82) is 5.26 Å². The zero-order valence-corrected chi connectivity index (χ0v) is 14.5. The maximum atomic E-state index is 12.9. The van der Waals surface area contributed by atoms with Gasteiger partial charge in [0.2, 0.25) is 0 Å². The fraction of sp³-hybridized carbons (Fsp3) is 0.389. The standard InChI is InChI=1S/C18H16F3N5O/c1-11-24-15(7-17(25-11)18(19,20)21)13-2-3-14(23-8-13)16(27)6-12-4-5-26(9-12)10-22/h2-3,7-8,12H,4-6,9H2,1H3/t12-/m0/s1. The fourth-order valence-corrected chi connectivity index (χ4v) is 3.03. The van der Waals surface area contributed by atoms with Crippen molar-refractivity contribution in [2.75, 3.05) is 13.1 Å². The highest BCUT2D eigenvalue weighted by Crippen LogP contribution is 2.30. The van der Waals surface area contributed by atoms with E-state index in [2.05, 4.69) is 21.1 Å². The summed E-state index contributed by atoms with van der Waals surface area (Å²) >= 11 is 0. The maximum absolute atomic E-state index is 12.9. The SMILES string of the molecule is Cc1nc(-c2ccc(C(=O)C[C@@H]3CCN(C#N)C3)nc2)cc(C(F)(F)F)n1. The van der Waals surface area contributed by atoms with Gasteiger partial charge in [0.15, 0.2) is 12.0 Å². The zero-order chi connectivity index (χ0) is 19.6. The number of hydrogen-bond acceptors (Lipinski definition) is 6. The summed E-state index contributed by atoms with van der Waals surface area (Å²) in [5, 5.41) is 8.86. The molecule has 2 aromatic rings. The van der Waals surface area contributed by atoms with E-state index in [-0.39, 0.29) is 35.3 Å². The molecule has 2 aromatic heterocycles. The van der Waals surface area contributed by atoms with E-state index in [9.17, 15) is 18.0 Å². The number of pyridine rings is 1. The number of alkyl halides is 3. The second-order valence-electron chi connectivity index (χ2n) is 6.44. The Labute approximate surface area is 153 Å². The Morgan fingerprint density at radius 1 is 1.37 bits per heavy atom. The Hall–Kier alpha value is -3.02. The number of halogens is 3. The number of aryl methyl sites for hydroxylation is 1. The minimum Gasteiger partial charge on any atom is -0.310 e. The number of carbonyl (C=O) groups excluding carboxylic acids is 1. The van der Waals surface area contributed by atoms with Crippen molar-refractivity contribution in [3.05, 3.63) is 41.6 Å². The molecule has 0 radical (unpaired) electrons. The predicted molar refractivity (Wildman–Crippen MR) is 89.2 cm³/mol. The fourth-order valence-electron chi connectivity index (χ4n) is 3.03. The first-order valence-corrected chi connectivity index (χ1v) is 8.33. The van der Waals surface area contributed by atoms with E-state index in [0.29, 0.717) is 18.7 Å². The van der Waals surface area contributed by atoms with Gasteiger partial charge in [0.25, 0.3) is 0 Å². The molecule has 0 spiro atoms. The van der Waals surface area contributed by atoms with Gasteiger partial charge in [0, 0.05) is 31.3 Å². The van der Waals surface area contributed by atoms with E-state index in [1.54, 1.807) is 4.90 Å². The predicted octanol–water partition coefficient (Wildman–Crippen LogP) is 3.24. The van der Waals surface area contributed by atoms with Crippen LogP contribution in [0.15, 0.2) is 24.4 Å². The van der Waals surface area contributed by atoms with E-state index >= 15 is 0 Å². The van der Waals surface area contributed by atoms with Gasteiger partial charge in [-0.25, -0.2) is 9.97 Å².